The number of aromatic hydroxyl groups is 1. The maximum absolute atomic E-state index is 9.29. The molecule has 0 atom stereocenters. The van der Waals surface area contributed by atoms with Gasteiger partial charge < -0.3 is 5.11 Å². The molecule has 1 aromatic heterocycles. The third-order valence-electron chi connectivity index (χ3n) is 2.93. The Hall–Kier alpha value is -2.64. The number of aromatic nitrogens is 1. The van der Waals surface area contributed by atoms with Crippen LogP contribution in [0.1, 0.15) is 5.56 Å². The Morgan fingerprint density at radius 2 is 1.60 bits per heavy atom. The summed E-state index contributed by atoms with van der Waals surface area (Å²) in [5.74, 6) is 0.248. The first-order chi connectivity index (χ1) is 9.76. The molecule has 0 spiro atoms. The Kier molecular flexibility index (Phi) is 3.20. The van der Waals surface area contributed by atoms with E-state index in [1.54, 1.807) is 35.6 Å². The number of rotatable bonds is 2. The Balaban J connectivity index is 1.93. The van der Waals surface area contributed by atoms with E-state index in [0.717, 1.165) is 21.8 Å². The molecule has 0 saturated heterocycles. The number of benzene rings is 2. The van der Waals surface area contributed by atoms with E-state index in [0.29, 0.717) is 5.56 Å². The molecule has 0 fully saturated rings. The topological polar surface area (TPSA) is 56.9 Å². The fourth-order valence-corrected chi connectivity index (χ4v) is 2.69. The number of thiazole rings is 1. The second-order valence-corrected chi connectivity index (χ2v) is 5.13. The van der Waals surface area contributed by atoms with Crippen LogP contribution in [0.3, 0.4) is 0 Å². The number of nitriles is 1. The van der Waals surface area contributed by atoms with Gasteiger partial charge in [-0.25, -0.2) is 4.98 Å². The standard InChI is InChI=1S/C16H10N2OS/c17-9-11-1-3-12(4-2-11)15-10-20-16(18-15)13-5-7-14(19)8-6-13/h1-8,10,19H. The van der Waals surface area contributed by atoms with Gasteiger partial charge in [0, 0.05) is 16.5 Å². The summed E-state index contributed by atoms with van der Waals surface area (Å²) in [6.07, 6.45) is 0. The fraction of sp³-hybridized carbons (Fsp3) is 0. The van der Waals surface area contributed by atoms with E-state index in [4.69, 9.17) is 5.26 Å². The van der Waals surface area contributed by atoms with Gasteiger partial charge in [-0.15, -0.1) is 11.3 Å². The Bertz CT molecular complexity index is 767. The van der Waals surface area contributed by atoms with Crippen LogP contribution in [0, 0.1) is 11.3 Å². The van der Waals surface area contributed by atoms with E-state index in [1.807, 2.05) is 29.6 Å². The molecule has 3 rings (SSSR count). The Morgan fingerprint density at radius 1 is 0.950 bits per heavy atom. The van der Waals surface area contributed by atoms with E-state index in [2.05, 4.69) is 11.1 Å². The summed E-state index contributed by atoms with van der Waals surface area (Å²) in [4.78, 5) is 4.59. The van der Waals surface area contributed by atoms with Crippen molar-refractivity contribution in [2.24, 2.45) is 0 Å². The molecule has 0 radical (unpaired) electrons. The molecule has 20 heavy (non-hydrogen) atoms. The van der Waals surface area contributed by atoms with Gasteiger partial charge in [-0.1, -0.05) is 12.1 Å². The molecule has 0 aliphatic carbocycles. The van der Waals surface area contributed by atoms with Gasteiger partial charge in [0.1, 0.15) is 10.8 Å². The Morgan fingerprint density at radius 3 is 2.25 bits per heavy atom. The lowest BCUT2D eigenvalue weighted by atomic mass is 10.1. The maximum Gasteiger partial charge on any atom is 0.124 e. The van der Waals surface area contributed by atoms with Crippen molar-refractivity contribution in [1.29, 1.82) is 5.26 Å². The monoisotopic (exact) mass is 278 g/mol. The lowest BCUT2D eigenvalue weighted by molar-refractivity contribution is 0.475. The quantitative estimate of drug-likeness (QED) is 0.769. The van der Waals surface area contributed by atoms with Crippen molar-refractivity contribution >= 4 is 11.3 Å². The summed E-state index contributed by atoms with van der Waals surface area (Å²) >= 11 is 1.56. The van der Waals surface area contributed by atoms with Crippen LogP contribution in [0.5, 0.6) is 5.75 Å². The minimum atomic E-state index is 0.248. The van der Waals surface area contributed by atoms with Crippen LogP contribution in [-0.4, -0.2) is 10.1 Å². The van der Waals surface area contributed by atoms with Gasteiger partial charge in [-0.05, 0) is 36.4 Å². The van der Waals surface area contributed by atoms with Crippen LogP contribution in [0.4, 0.5) is 0 Å². The minimum absolute atomic E-state index is 0.248. The highest BCUT2D eigenvalue weighted by Gasteiger charge is 2.06. The molecule has 0 aliphatic rings. The summed E-state index contributed by atoms with van der Waals surface area (Å²) in [5.41, 5.74) is 3.50. The number of phenolic OH excluding ortho intramolecular Hbond substituents is 1. The largest absolute Gasteiger partial charge is 0.508 e. The van der Waals surface area contributed by atoms with Crippen molar-refractivity contribution < 1.29 is 5.11 Å². The smallest absolute Gasteiger partial charge is 0.124 e. The van der Waals surface area contributed by atoms with E-state index in [-0.39, 0.29) is 5.75 Å². The molecule has 4 heteroatoms. The lowest BCUT2D eigenvalue weighted by Crippen LogP contribution is -1.80. The van der Waals surface area contributed by atoms with Crippen LogP contribution >= 0.6 is 11.3 Å². The normalized spacial score (nSPS) is 10.2. The number of phenols is 1. The predicted molar refractivity (Wildman–Crippen MR) is 79.4 cm³/mol. The van der Waals surface area contributed by atoms with E-state index in [1.165, 1.54) is 0 Å². The molecule has 1 heterocycles. The second kappa shape index (κ2) is 5.16. The van der Waals surface area contributed by atoms with Gasteiger partial charge in [0.2, 0.25) is 0 Å². The molecule has 3 nitrogen and oxygen atoms in total. The lowest BCUT2D eigenvalue weighted by Gasteiger charge is -1.97. The minimum Gasteiger partial charge on any atom is -0.508 e. The molecule has 0 bridgehead atoms. The van der Waals surface area contributed by atoms with E-state index < -0.39 is 0 Å². The molecule has 1 N–H and O–H groups in total. The van der Waals surface area contributed by atoms with Crippen LogP contribution in [0.25, 0.3) is 21.8 Å². The van der Waals surface area contributed by atoms with Crippen molar-refractivity contribution in [3.05, 3.63) is 59.5 Å². The molecule has 3 aromatic rings. The SMILES string of the molecule is N#Cc1ccc(-c2csc(-c3ccc(O)cc3)n2)cc1. The van der Waals surface area contributed by atoms with Gasteiger partial charge in [0.25, 0.3) is 0 Å². The summed E-state index contributed by atoms with van der Waals surface area (Å²) < 4.78 is 0. The highest BCUT2D eigenvalue weighted by atomic mass is 32.1. The van der Waals surface area contributed by atoms with Crippen LogP contribution in [0.2, 0.25) is 0 Å². The van der Waals surface area contributed by atoms with Crippen molar-refractivity contribution in [3.63, 3.8) is 0 Å². The highest BCUT2D eigenvalue weighted by Crippen LogP contribution is 2.29. The van der Waals surface area contributed by atoms with Crippen molar-refractivity contribution in [2.75, 3.05) is 0 Å². The molecular weight excluding hydrogens is 268 g/mol. The summed E-state index contributed by atoms with van der Waals surface area (Å²) in [7, 11) is 0. The zero-order valence-electron chi connectivity index (χ0n) is 10.4. The molecule has 0 saturated carbocycles. The number of hydrogen-bond donors (Lipinski definition) is 1. The molecule has 0 aliphatic heterocycles. The maximum atomic E-state index is 9.29. The molecule has 0 amide bonds. The van der Waals surface area contributed by atoms with Crippen molar-refractivity contribution in [3.8, 4) is 33.6 Å². The zero-order valence-corrected chi connectivity index (χ0v) is 11.3. The average Bonchev–Trinajstić information content (AvgIpc) is 2.98. The Labute approximate surface area is 120 Å². The van der Waals surface area contributed by atoms with Crippen LogP contribution < -0.4 is 0 Å². The van der Waals surface area contributed by atoms with Crippen LogP contribution in [-0.2, 0) is 0 Å². The second-order valence-electron chi connectivity index (χ2n) is 4.27. The zero-order chi connectivity index (χ0) is 13.9. The van der Waals surface area contributed by atoms with Gasteiger partial charge in [-0.3, -0.25) is 0 Å². The highest BCUT2D eigenvalue weighted by molar-refractivity contribution is 7.13. The molecular formula is C16H10N2OS. The summed E-state index contributed by atoms with van der Waals surface area (Å²) in [6.45, 7) is 0. The van der Waals surface area contributed by atoms with Crippen molar-refractivity contribution in [2.45, 2.75) is 0 Å². The summed E-state index contributed by atoms with van der Waals surface area (Å²) in [6, 6.07) is 16.5. The van der Waals surface area contributed by atoms with Gasteiger partial charge >= 0.3 is 0 Å². The van der Waals surface area contributed by atoms with E-state index in [9.17, 15) is 5.11 Å². The first-order valence-corrected chi connectivity index (χ1v) is 6.90. The molecule has 0 unspecified atom stereocenters. The van der Waals surface area contributed by atoms with Gasteiger partial charge in [-0.2, -0.15) is 5.26 Å². The molecule has 2 aromatic carbocycles. The fourth-order valence-electron chi connectivity index (χ4n) is 1.86. The first-order valence-electron chi connectivity index (χ1n) is 6.02. The molecule has 96 valence electrons. The average molecular weight is 278 g/mol. The van der Waals surface area contributed by atoms with Crippen molar-refractivity contribution in [1.82, 2.24) is 4.98 Å². The number of nitrogens with zero attached hydrogens (tertiary/aromatic N) is 2. The third kappa shape index (κ3) is 2.40. The van der Waals surface area contributed by atoms with Crippen LogP contribution in [0.15, 0.2) is 53.9 Å². The van der Waals surface area contributed by atoms with Gasteiger partial charge in [0.15, 0.2) is 0 Å². The van der Waals surface area contributed by atoms with Gasteiger partial charge in [0.05, 0.1) is 17.3 Å². The number of hydrogen-bond acceptors (Lipinski definition) is 4. The summed E-state index contributed by atoms with van der Waals surface area (Å²) in [5, 5.41) is 21.0. The first kappa shape index (κ1) is 12.4. The predicted octanol–water partition coefficient (Wildman–Crippen LogP) is 4.05. The third-order valence-corrected chi connectivity index (χ3v) is 3.82. The van der Waals surface area contributed by atoms with E-state index >= 15 is 0 Å².